The van der Waals surface area contributed by atoms with Gasteiger partial charge in [-0.05, 0) is 24.6 Å². The van der Waals surface area contributed by atoms with Gasteiger partial charge in [0.1, 0.15) is 11.6 Å². The number of hydrogen-bond acceptors (Lipinski definition) is 5. The van der Waals surface area contributed by atoms with Gasteiger partial charge in [-0.2, -0.15) is 0 Å². The zero-order valence-electron chi connectivity index (χ0n) is 10.9. The van der Waals surface area contributed by atoms with Crippen molar-refractivity contribution in [3.63, 3.8) is 0 Å². The van der Waals surface area contributed by atoms with Crippen LogP contribution in [0.25, 0.3) is 0 Å². The van der Waals surface area contributed by atoms with Crippen LogP contribution >= 0.6 is 22.9 Å². The Hall–Kier alpha value is -1.50. The Balaban J connectivity index is 1.93. The number of benzene rings is 1. The lowest BCUT2D eigenvalue weighted by molar-refractivity contribution is -0.120. The molecule has 2 aromatic rings. The van der Waals surface area contributed by atoms with E-state index in [-0.39, 0.29) is 12.5 Å². The lowest BCUT2D eigenvalue weighted by atomic mass is 10.2. The molecule has 1 N–H and O–H groups in total. The summed E-state index contributed by atoms with van der Waals surface area (Å²) in [6, 6.07) is 7.57. The normalized spacial score (nSPS) is 10.5. The van der Waals surface area contributed by atoms with Gasteiger partial charge in [-0.25, -0.2) is 0 Å². The zero-order chi connectivity index (χ0) is 14.4. The number of hydrogen-bond donors (Lipinski definition) is 1. The Bertz CT molecular complexity index is 589. The van der Waals surface area contributed by atoms with Crippen LogP contribution in [0.2, 0.25) is 5.02 Å². The van der Waals surface area contributed by atoms with Gasteiger partial charge in [-0.15, -0.1) is 10.2 Å². The van der Waals surface area contributed by atoms with E-state index in [0.29, 0.717) is 23.2 Å². The summed E-state index contributed by atoms with van der Waals surface area (Å²) in [6.07, 6.45) is 0.638. The number of rotatable bonds is 6. The predicted molar refractivity (Wildman–Crippen MR) is 79.3 cm³/mol. The van der Waals surface area contributed by atoms with Crippen molar-refractivity contribution in [3.8, 4) is 0 Å². The Labute approximate surface area is 125 Å². The summed E-state index contributed by atoms with van der Waals surface area (Å²) in [5, 5.41) is 12.6. The van der Waals surface area contributed by atoms with Crippen molar-refractivity contribution < 1.29 is 9.53 Å². The first-order valence-corrected chi connectivity index (χ1v) is 7.31. The molecule has 0 aliphatic heterocycles. The second-order valence-corrected chi connectivity index (χ2v) is 5.49. The van der Waals surface area contributed by atoms with Crippen LogP contribution in [0.5, 0.6) is 0 Å². The van der Waals surface area contributed by atoms with Gasteiger partial charge >= 0.3 is 0 Å². The fourth-order valence-electron chi connectivity index (χ4n) is 1.55. The molecule has 0 saturated carbocycles. The van der Waals surface area contributed by atoms with Crippen LogP contribution in [0.4, 0.5) is 5.13 Å². The van der Waals surface area contributed by atoms with Gasteiger partial charge in [0.2, 0.25) is 5.13 Å². The average molecular weight is 312 g/mol. The van der Waals surface area contributed by atoms with Gasteiger partial charge in [-0.1, -0.05) is 35.1 Å². The molecule has 0 aliphatic carbocycles. The summed E-state index contributed by atoms with van der Waals surface area (Å²) in [5.41, 5.74) is 1.06. The van der Waals surface area contributed by atoms with Crippen molar-refractivity contribution in [1.82, 2.24) is 10.2 Å². The number of halogens is 1. The number of carbonyl (C=O) groups is 1. The van der Waals surface area contributed by atoms with Crippen LogP contribution in [0.1, 0.15) is 17.5 Å². The lowest BCUT2D eigenvalue weighted by Crippen LogP contribution is -2.17. The van der Waals surface area contributed by atoms with E-state index in [0.717, 1.165) is 10.6 Å². The third kappa shape index (κ3) is 4.56. The standard InChI is InChI=1S/C13H14ClN3O2S/c1-2-19-8-11(18)15-13-17-16-12(20-13)7-9-4-3-5-10(14)6-9/h3-6H,2,7-8H2,1H3,(H,15,17,18). The fraction of sp³-hybridized carbons (Fsp3) is 0.308. The van der Waals surface area contributed by atoms with Crippen LogP contribution in [0.3, 0.4) is 0 Å². The number of amides is 1. The summed E-state index contributed by atoms with van der Waals surface area (Å²) in [5.74, 6) is -0.225. The number of anilines is 1. The van der Waals surface area contributed by atoms with E-state index in [1.807, 2.05) is 31.2 Å². The molecule has 1 aromatic carbocycles. The Morgan fingerprint density at radius 1 is 1.45 bits per heavy atom. The van der Waals surface area contributed by atoms with Gasteiger partial charge in [0.15, 0.2) is 0 Å². The van der Waals surface area contributed by atoms with E-state index in [9.17, 15) is 4.79 Å². The van der Waals surface area contributed by atoms with Crippen LogP contribution in [0, 0.1) is 0 Å². The van der Waals surface area contributed by atoms with E-state index >= 15 is 0 Å². The monoisotopic (exact) mass is 311 g/mol. The van der Waals surface area contributed by atoms with Gasteiger partial charge < -0.3 is 4.74 Å². The van der Waals surface area contributed by atoms with Crippen LogP contribution < -0.4 is 5.32 Å². The Kier molecular flexibility index (Phi) is 5.46. The highest BCUT2D eigenvalue weighted by Crippen LogP contribution is 2.20. The second-order valence-electron chi connectivity index (χ2n) is 3.99. The Morgan fingerprint density at radius 2 is 2.30 bits per heavy atom. The topological polar surface area (TPSA) is 64.1 Å². The maximum Gasteiger partial charge on any atom is 0.252 e. The molecule has 2 rings (SSSR count). The molecule has 0 aliphatic rings. The molecule has 7 heteroatoms. The van der Waals surface area contributed by atoms with Crippen molar-refractivity contribution in [2.45, 2.75) is 13.3 Å². The first-order valence-electron chi connectivity index (χ1n) is 6.12. The molecule has 0 radical (unpaired) electrons. The van der Waals surface area contributed by atoms with Crippen molar-refractivity contribution in [2.75, 3.05) is 18.5 Å². The van der Waals surface area contributed by atoms with E-state index in [1.54, 1.807) is 0 Å². The number of ether oxygens (including phenoxy) is 1. The molecule has 0 spiro atoms. The van der Waals surface area contributed by atoms with Crippen molar-refractivity contribution in [3.05, 3.63) is 39.9 Å². The maximum absolute atomic E-state index is 11.5. The minimum Gasteiger partial charge on any atom is -0.372 e. The smallest absolute Gasteiger partial charge is 0.252 e. The summed E-state index contributed by atoms with van der Waals surface area (Å²) in [7, 11) is 0. The van der Waals surface area contributed by atoms with Crippen molar-refractivity contribution in [2.24, 2.45) is 0 Å². The summed E-state index contributed by atoms with van der Waals surface area (Å²) in [6.45, 7) is 2.37. The van der Waals surface area contributed by atoms with Crippen molar-refractivity contribution >= 4 is 34.0 Å². The van der Waals surface area contributed by atoms with E-state index < -0.39 is 0 Å². The minimum absolute atomic E-state index is 0.0275. The highest BCUT2D eigenvalue weighted by atomic mass is 35.5. The van der Waals surface area contributed by atoms with Gasteiger partial charge in [0, 0.05) is 18.1 Å². The third-order valence-electron chi connectivity index (χ3n) is 2.39. The first-order chi connectivity index (χ1) is 9.67. The molecule has 0 fully saturated rings. The van der Waals surface area contributed by atoms with Gasteiger partial charge in [-0.3, -0.25) is 10.1 Å². The highest BCUT2D eigenvalue weighted by Gasteiger charge is 2.08. The summed E-state index contributed by atoms with van der Waals surface area (Å²) < 4.78 is 5.01. The van der Waals surface area contributed by atoms with Crippen molar-refractivity contribution in [1.29, 1.82) is 0 Å². The highest BCUT2D eigenvalue weighted by molar-refractivity contribution is 7.15. The number of nitrogens with one attached hydrogen (secondary N) is 1. The molecule has 0 unspecified atom stereocenters. The minimum atomic E-state index is -0.225. The molecule has 0 atom stereocenters. The first kappa shape index (κ1) is 14.9. The molecule has 1 amide bonds. The molecule has 5 nitrogen and oxygen atoms in total. The van der Waals surface area contributed by atoms with Crippen LogP contribution in [0.15, 0.2) is 24.3 Å². The van der Waals surface area contributed by atoms with Gasteiger partial charge in [0.25, 0.3) is 5.91 Å². The predicted octanol–water partition coefficient (Wildman–Crippen LogP) is 2.76. The molecule has 0 saturated heterocycles. The van der Waals surface area contributed by atoms with Crippen LogP contribution in [-0.4, -0.2) is 29.3 Å². The Morgan fingerprint density at radius 3 is 3.05 bits per heavy atom. The molecule has 1 heterocycles. The molecule has 20 heavy (non-hydrogen) atoms. The number of aromatic nitrogens is 2. The lowest BCUT2D eigenvalue weighted by Gasteiger charge is -2.00. The number of carbonyl (C=O) groups excluding carboxylic acids is 1. The zero-order valence-corrected chi connectivity index (χ0v) is 12.5. The largest absolute Gasteiger partial charge is 0.372 e. The van der Waals surface area contributed by atoms with Crippen LogP contribution in [-0.2, 0) is 16.0 Å². The average Bonchev–Trinajstić information content (AvgIpc) is 2.83. The molecular weight excluding hydrogens is 298 g/mol. The van der Waals surface area contributed by atoms with E-state index in [4.69, 9.17) is 16.3 Å². The summed E-state index contributed by atoms with van der Waals surface area (Å²) >= 11 is 7.27. The maximum atomic E-state index is 11.5. The quantitative estimate of drug-likeness (QED) is 0.891. The fourth-order valence-corrected chi connectivity index (χ4v) is 2.55. The second kappa shape index (κ2) is 7.33. The molecule has 106 valence electrons. The summed E-state index contributed by atoms with van der Waals surface area (Å²) in [4.78, 5) is 11.5. The SMILES string of the molecule is CCOCC(=O)Nc1nnc(Cc2cccc(Cl)c2)s1. The van der Waals surface area contributed by atoms with E-state index in [1.165, 1.54) is 11.3 Å². The van der Waals surface area contributed by atoms with E-state index in [2.05, 4.69) is 15.5 Å². The van der Waals surface area contributed by atoms with Gasteiger partial charge in [0.05, 0.1) is 0 Å². The number of nitrogens with zero attached hydrogens (tertiary/aromatic N) is 2. The molecule has 1 aromatic heterocycles. The molecule has 0 bridgehead atoms. The molecular formula is C13H14ClN3O2S. The third-order valence-corrected chi connectivity index (χ3v) is 3.47.